The van der Waals surface area contributed by atoms with Crippen LogP contribution in [-0.4, -0.2) is 42.0 Å². The molecule has 3 rings (SSSR count). The number of pyridine rings is 1. The Hall–Kier alpha value is -2.21. The number of carbonyl (C=O) groups excluding carboxylic acids is 1. The summed E-state index contributed by atoms with van der Waals surface area (Å²) in [5.41, 5.74) is 0.593. The molecule has 21 heavy (non-hydrogen) atoms. The molecule has 0 radical (unpaired) electrons. The van der Waals surface area contributed by atoms with Gasteiger partial charge in [-0.05, 0) is 24.6 Å². The number of benzene rings is 1. The van der Waals surface area contributed by atoms with E-state index in [1.165, 1.54) is 12.1 Å². The van der Waals surface area contributed by atoms with E-state index in [1.54, 1.807) is 17.9 Å². The van der Waals surface area contributed by atoms with Crippen molar-refractivity contribution in [3.8, 4) is 0 Å². The number of H-pyrrole nitrogens is 1. The molecule has 0 spiro atoms. The van der Waals surface area contributed by atoms with E-state index in [2.05, 4.69) is 10.3 Å². The minimum absolute atomic E-state index is 0.0894. The van der Waals surface area contributed by atoms with Crippen molar-refractivity contribution in [1.82, 2.24) is 15.2 Å². The molecule has 2 heterocycles. The highest BCUT2D eigenvalue weighted by Gasteiger charge is 2.21. The fourth-order valence-electron chi connectivity index (χ4n) is 2.67. The van der Waals surface area contributed by atoms with Crippen molar-refractivity contribution in [2.24, 2.45) is 0 Å². The lowest BCUT2D eigenvalue weighted by atomic mass is 10.0. The van der Waals surface area contributed by atoms with Crippen molar-refractivity contribution < 1.29 is 9.18 Å². The Balaban J connectivity index is 2.17. The lowest BCUT2D eigenvalue weighted by Gasteiger charge is -2.27. The van der Waals surface area contributed by atoms with Crippen molar-refractivity contribution in [3.63, 3.8) is 0 Å². The zero-order chi connectivity index (χ0) is 15.0. The molecule has 1 saturated heterocycles. The third-order valence-corrected chi connectivity index (χ3v) is 3.68. The molecule has 0 saturated carbocycles. The van der Waals surface area contributed by atoms with E-state index in [4.69, 9.17) is 0 Å². The maximum absolute atomic E-state index is 14.0. The highest BCUT2D eigenvalue weighted by Crippen LogP contribution is 2.21. The number of aryl methyl sites for hydroxylation is 1. The fourth-order valence-corrected chi connectivity index (χ4v) is 2.67. The minimum atomic E-state index is -0.517. The van der Waals surface area contributed by atoms with Gasteiger partial charge in [-0.3, -0.25) is 9.59 Å². The van der Waals surface area contributed by atoms with Gasteiger partial charge in [0.1, 0.15) is 5.82 Å². The van der Waals surface area contributed by atoms with Gasteiger partial charge in [0.25, 0.3) is 5.91 Å². The molecule has 6 heteroatoms. The van der Waals surface area contributed by atoms with Crippen LogP contribution in [0.2, 0.25) is 0 Å². The summed E-state index contributed by atoms with van der Waals surface area (Å²) in [6.45, 7) is 4.37. The highest BCUT2D eigenvalue weighted by molar-refractivity contribution is 6.06. The second kappa shape index (κ2) is 5.29. The van der Waals surface area contributed by atoms with E-state index in [0.717, 1.165) is 13.1 Å². The van der Waals surface area contributed by atoms with Crippen LogP contribution in [0.3, 0.4) is 0 Å². The summed E-state index contributed by atoms with van der Waals surface area (Å²) in [7, 11) is 0. The van der Waals surface area contributed by atoms with E-state index >= 15 is 0 Å². The number of hydrogen-bond acceptors (Lipinski definition) is 3. The first-order valence-corrected chi connectivity index (χ1v) is 6.89. The number of aromatic nitrogens is 1. The van der Waals surface area contributed by atoms with Gasteiger partial charge in [0.2, 0.25) is 5.56 Å². The van der Waals surface area contributed by atoms with Crippen LogP contribution in [0.25, 0.3) is 10.9 Å². The van der Waals surface area contributed by atoms with Gasteiger partial charge in [-0.15, -0.1) is 0 Å². The summed E-state index contributed by atoms with van der Waals surface area (Å²) >= 11 is 0. The smallest absolute Gasteiger partial charge is 0.254 e. The van der Waals surface area contributed by atoms with Crippen LogP contribution in [0.1, 0.15) is 15.9 Å². The Kier molecular flexibility index (Phi) is 3.47. The quantitative estimate of drug-likeness (QED) is 0.824. The van der Waals surface area contributed by atoms with Crippen LogP contribution in [-0.2, 0) is 0 Å². The predicted octanol–water partition coefficient (Wildman–Crippen LogP) is 1.02. The number of carbonyl (C=O) groups is 1. The monoisotopic (exact) mass is 289 g/mol. The van der Waals surface area contributed by atoms with E-state index < -0.39 is 11.4 Å². The Morgan fingerprint density at radius 3 is 2.67 bits per heavy atom. The first kappa shape index (κ1) is 13.8. The van der Waals surface area contributed by atoms with Crippen LogP contribution in [0.5, 0.6) is 0 Å². The third-order valence-electron chi connectivity index (χ3n) is 3.68. The molecule has 1 aromatic heterocycles. The average molecular weight is 289 g/mol. The van der Waals surface area contributed by atoms with Gasteiger partial charge in [0.05, 0.1) is 11.1 Å². The second-order valence-electron chi connectivity index (χ2n) is 5.26. The zero-order valence-electron chi connectivity index (χ0n) is 11.7. The largest absolute Gasteiger partial charge is 0.336 e. The SMILES string of the molecule is Cc1cc(F)c2[nH]c(=O)cc(C(=O)N3CCNCC3)c2c1. The molecule has 110 valence electrons. The molecule has 1 aliphatic rings. The number of halogens is 1. The molecule has 2 aromatic rings. The van der Waals surface area contributed by atoms with Crippen LogP contribution < -0.4 is 10.9 Å². The molecule has 0 aliphatic carbocycles. The third kappa shape index (κ3) is 2.54. The van der Waals surface area contributed by atoms with Gasteiger partial charge in [0.15, 0.2) is 0 Å². The number of amides is 1. The summed E-state index contributed by atoms with van der Waals surface area (Å²) in [5.74, 6) is -0.741. The molecule has 0 atom stereocenters. The molecule has 1 fully saturated rings. The minimum Gasteiger partial charge on any atom is -0.336 e. The normalized spacial score (nSPS) is 15.4. The molecule has 0 unspecified atom stereocenters. The van der Waals surface area contributed by atoms with Crippen molar-refractivity contribution in [2.45, 2.75) is 6.92 Å². The van der Waals surface area contributed by atoms with Gasteiger partial charge in [-0.2, -0.15) is 0 Å². The van der Waals surface area contributed by atoms with Crippen LogP contribution in [0.4, 0.5) is 4.39 Å². The molecule has 2 N–H and O–H groups in total. The molecule has 1 aliphatic heterocycles. The molecule has 0 bridgehead atoms. The first-order chi connectivity index (χ1) is 10.1. The first-order valence-electron chi connectivity index (χ1n) is 6.89. The summed E-state index contributed by atoms with van der Waals surface area (Å²) in [6.07, 6.45) is 0. The molecule has 5 nitrogen and oxygen atoms in total. The second-order valence-corrected chi connectivity index (χ2v) is 5.26. The van der Waals surface area contributed by atoms with Crippen molar-refractivity contribution in [3.05, 3.63) is 45.5 Å². The van der Waals surface area contributed by atoms with Crippen molar-refractivity contribution in [1.29, 1.82) is 0 Å². The van der Waals surface area contributed by atoms with Gasteiger partial charge >= 0.3 is 0 Å². The molecular weight excluding hydrogens is 273 g/mol. The number of piperazine rings is 1. The highest BCUT2D eigenvalue weighted by atomic mass is 19.1. The standard InChI is InChI=1S/C15H16FN3O2/c1-9-6-10-11(15(21)19-4-2-17-3-5-19)8-13(20)18-14(10)12(16)7-9/h6-8,17H,2-5H2,1H3,(H,18,20). The van der Waals surface area contributed by atoms with Crippen molar-refractivity contribution >= 4 is 16.8 Å². The predicted molar refractivity (Wildman–Crippen MR) is 78.0 cm³/mol. The summed E-state index contributed by atoms with van der Waals surface area (Å²) < 4.78 is 14.0. The lowest BCUT2D eigenvalue weighted by molar-refractivity contribution is 0.0737. The Morgan fingerprint density at radius 2 is 1.95 bits per heavy atom. The van der Waals surface area contributed by atoms with Gasteiger partial charge in [0, 0.05) is 37.6 Å². The lowest BCUT2D eigenvalue weighted by Crippen LogP contribution is -2.46. The Labute approximate surface area is 120 Å². The van der Waals surface area contributed by atoms with Crippen molar-refractivity contribution in [2.75, 3.05) is 26.2 Å². The van der Waals surface area contributed by atoms with E-state index in [0.29, 0.717) is 24.0 Å². The summed E-state index contributed by atoms with van der Waals surface area (Å²) in [5, 5.41) is 3.62. The molecule has 1 aromatic carbocycles. The Bertz CT molecular complexity index is 763. The summed E-state index contributed by atoms with van der Waals surface area (Å²) in [4.78, 5) is 28.5. The Morgan fingerprint density at radius 1 is 1.24 bits per heavy atom. The summed E-state index contributed by atoms with van der Waals surface area (Å²) in [6, 6.07) is 4.33. The molecular formula is C15H16FN3O2. The number of rotatable bonds is 1. The number of fused-ring (bicyclic) bond motifs is 1. The number of hydrogen-bond donors (Lipinski definition) is 2. The average Bonchev–Trinajstić information content (AvgIpc) is 2.47. The zero-order valence-corrected chi connectivity index (χ0v) is 11.7. The topological polar surface area (TPSA) is 65.2 Å². The fraction of sp³-hybridized carbons (Fsp3) is 0.333. The van der Waals surface area contributed by atoms with Gasteiger partial charge in [-0.25, -0.2) is 4.39 Å². The van der Waals surface area contributed by atoms with Gasteiger partial charge in [-0.1, -0.05) is 0 Å². The van der Waals surface area contributed by atoms with Crippen LogP contribution in [0, 0.1) is 12.7 Å². The van der Waals surface area contributed by atoms with E-state index in [-0.39, 0.29) is 17.0 Å². The maximum atomic E-state index is 14.0. The molecule has 1 amide bonds. The maximum Gasteiger partial charge on any atom is 0.254 e. The number of aromatic amines is 1. The number of nitrogens with zero attached hydrogens (tertiary/aromatic N) is 1. The van der Waals surface area contributed by atoms with Gasteiger partial charge < -0.3 is 15.2 Å². The van der Waals surface area contributed by atoms with Crippen LogP contribution in [0.15, 0.2) is 23.0 Å². The number of nitrogens with one attached hydrogen (secondary N) is 2. The van der Waals surface area contributed by atoms with E-state index in [9.17, 15) is 14.0 Å². The van der Waals surface area contributed by atoms with Crippen LogP contribution >= 0.6 is 0 Å². The van der Waals surface area contributed by atoms with E-state index in [1.807, 2.05) is 0 Å².